The minimum Gasteiger partial charge on any atom is -0.294 e. The van der Waals surface area contributed by atoms with Crippen LogP contribution >= 0.6 is 23.2 Å². The normalized spacial score (nSPS) is 10.8. The average molecular weight is 329 g/mol. The quantitative estimate of drug-likeness (QED) is 0.313. The van der Waals surface area contributed by atoms with Crippen molar-refractivity contribution in [2.24, 2.45) is 0 Å². The molecule has 0 atom stereocenters. The van der Waals surface area contributed by atoms with Gasteiger partial charge in [-0.25, -0.2) is 0 Å². The fraction of sp³-hybridized carbons (Fsp3) is 0.611. The fourth-order valence-electron chi connectivity index (χ4n) is 2.46. The molecule has 0 spiro atoms. The van der Waals surface area contributed by atoms with Gasteiger partial charge in [0.1, 0.15) is 0 Å². The Morgan fingerprint density at radius 3 is 1.81 bits per heavy atom. The highest BCUT2D eigenvalue weighted by Crippen LogP contribution is 2.21. The van der Waals surface area contributed by atoms with Gasteiger partial charge in [-0.3, -0.25) is 4.79 Å². The van der Waals surface area contributed by atoms with Crippen LogP contribution in [0.1, 0.15) is 81.5 Å². The minimum absolute atomic E-state index is 0.141. The van der Waals surface area contributed by atoms with Crippen LogP contribution in [0.4, 0.5) is 0 Å². The maximum atomic E-state index is 12.0. The van der Waals surface area contributed by atoms with E-state index in [1.54, 1.807) is 18.2 Å². The molecule has 0 saturated carbocycles. The van der Waals surface area contributed by atoms with Crippen molar-refractivity contribution in [2.45, 2.75) is 71.1 Å². The van der Waals surface area contributed by atoms with Gasteiger partial charge in [0.2, 0.25) is 0 Å². The first-order valence-electron chi connectivity index (χ1n) is 8.12. The van der Waals surface area contributed by atoms with Gasteiger partial charge in [0, 0.05) is 22.0 Å². The number of ketones is 1. The van der Waals surface area contributed by atoms with Crippen LogP contribution < -0.4 is 0 Å². The van der Waals surface area contributed by atoms with Gasteiger partial charge in [-0.15, -0.1) is 0 Å². The largest absolute Gasteiger partial charge is 0.294 e. The molecular formula is C18H26Cl2O. The highest BCUT2D eigenvalue weighted by atomic mass is 35.5. The lowest BCUT2D eigenvalue weighted by Gasteiger charge is -2.04. The van der Waals surface area contributed by atoms with Crippen LogP contribution in [0.5, 0.6) is 0 Å². The monoisotopic (exact) mass is 328 g/mol. The minimum atomic E-state index is 0.141. The number of halogens is 2. The van der Waals surface area contributed by atoms with Crippen molar-refractivity contribution in [3.63, 3.8) is 0 Å². The van der Waals surface area contributed by atoms with Crippen LogP contribution in [0.2, 0.25) is 10.0 Å². The van der Waals surface area contributed by atoms with Gasteiger partial charge in [0.05, 0.1) is 0 Å². The van der Waals surface area contributed by atoms with Crippen molar-refractivity contribution in [1.82, 2.24) is 0 Å². The Morgan fingerprint density at radius 2 is 1.29 bits per heavy atom. The molecule has 0 amide bonds. The molecule has 0 fully saturated rings. The average Bonchev–Trinajstić information content (AvgIpc) is 2.44. The zero-order valence-electron chi connectivity index (χ0n) is 13.0. The predicted molar refractivity (Wildman–Crippen MR) is 92.6 cm³/mol. The predicted octanol–water partition coefficient (Wildman–Crippen LogP) is 7.10. The van der Waals surface area contributed by atoms with E-state index in [-0.39, 0.29) is 5.78 Å². The van der Waals surface area contributed by atoms with E-state index in [0.717, 1.165) is 12.8 Å². The van der Waals surface area contributed by atoms with E-state index < -0.39 is 0 Å². The number of carbonyl (C=O) groups excluding carboxylic acids is 1. The summed E-state index contributed by atoms with van der Waals surface area (Å²) in [5.41, 5.74) is 0.632. The van der Waals surface area contributed by atoms with Gasteiger partial charge in [-0.05, 0) is 24.6 Å². The molecule has 0 aromatic heterocycles. The van der Waals surface area contributed by atoms with E-state index in [9.17, 15) is 4.79 Å². The summed E-state index contributed by atoms with van der Waals surface area (Å²) >= 11 is 11.8. The summed E-state index contributed by atoms with van der Waals surface area (Å²) in [6.07, 6.45) is 11.9. The van der Waals surface area contributed by atoms with Gasteiger partial charge >= 0.3 is 0 Å². The van der Waals surface area contributed by atoms with Gasteiger partial charge in [-0.2, -0.15) is 0 Å². The van der Waals surface area contributed by atoms with Crippen molar-refractivity contribution in [2.75, 3.05) is 0 Å². The van der Waals surface area contributed by atoms with Gasteiger partial charge in [0.25, 0.3) is 0 Å². The summed E-state index contributed by atoms with van der Waals surface area (Å²) in [5.74, 6) is 0.141. The number of unbranched alkanes of at least 4 members (excludes halogenated alkanes) is 8. The SMILES string of the molecule is CCCCCCCCCCCC(=O)c1cc(Cl)cc(Cl)c1. The maximum absolute atomic E-state index is 12.0. The third-order valence-corrected chi connectivity index (χ3v) is 4.13. The second-order valence-corrected chi connectivity index (χ2v) is 6.53. The standard InChI is InChI=1S/C18H26Cl2O/c1-2-3-4-5-6-7-8-9-10-11-18(21)15-12-16(19)14-17(20)13-15/h12-14H,2-11H2,1H3. The lowest BCUT2D eigenvalue weighted by molar-refractivity contribution is 0.0979. The Bertz CT molecular complexity index is 409. The van der Waals surface area contributed by atoms with Crippen molar-refractivity contribution < 1.29 is 4.79 Å². The van der Waals surface area contributed by atoms with E-state index >= 15 is 0 Å². The second kappa shape index (κ2) is 11.1. The lowest BCUT2D eigenvalue weighted by Crippen LogP contribution is -1.99. The molecule has 3 heteroatoms. The topological polar surface area (TPSA) is 17.1 Å². The molecule has 1 rings (SSSR count). The second-order valence-electron chi connectivity index (χ2n) is 5.66. The van der Waals surface area contributed by atoms with Crippen molar-refractivity contribution in [1.29, 1.82) is 0 Å². The van der Waals surface area contributed by atoms with E-state index in [2.05, 4.69) is 6.92 Å². The summed E-state index contributed by atoms with van der Waals surface area (Å²) in [6, 6.07) is 5.05. The Hall–Kier alpha value is -0.530. The van der Waals surface area contributed by atoms with Crippen LogP contribution in [0.25, 0.3) is 0 Å². The lowest BCUT2D eigenvalue weighted by atomic mass is 10.0. The van der Waals surface area contributed by atoms with Crippen LogP contribution in [-0.2, 0) is 0 Å². The van der Waals surface area contributed by atoms with E-state index in [1.165, 1.54) is 44.9 Å². The molecule has 21 heavy (non-hydrogen) atoms. The van der Waals surface area contributed by atoms with Gasteiger partial charge in [0.15, 0.2) is 5.78 Å². The van der Waals surface area contributed by atoms with E-state index in [0.29, 0.717) is 22.0 Å². The fourth-order valence-corrected chi connectivity index (χ4v) is 2.98. The highest BCUT2D eigenvalue weighted by Gasteiger charge is 2.07. The molecule has 0 saturated heterocycles. The molecule has 1 aromatic rings. The molecule has 0 heterocycles. The summed E-state index contributed by atoms with van der Waals surface area (Å²) in [4.78, 5) is 12.0. The number of carbonyl (C=O) groups is 1. The van der Waals surface area contributed by atoms with Crippen LogP contribution in [0.3, 0.4) is 0 Å². The Balaban J connectivity index is 2.11. The van der Waals surface area contributed by atoms with Crippen molar-refractivity contribution in [3.8, 4) is 0 Å². The van der Waals surface area contributed by atoms with Crippen LogP contribution in [-0.4, -0.2) is 5.78 Å². The molecule has 1 aromatic carbocycles. The molecule has 0 aliphatic heterocycles. The Labute approximate surface area is 139 Å². The summed E-state index contributed by atoms with van der Waals surface area (Å²) < 4.78 is 0. The van der Waals surface area contributed by atoms with E-state index in [1.807, 2.05) is 0 Å². The highest BCUT2D eigenvalue weighted by molar-refractivity contribution is 6.35. The number of Topliss-reactive ketones (excluding diaryl/α,β-unsaturated/α-hetero) is 1. The number of benzene rings is 1. The zero-order valence-corrected chi connectivity index (χ0v) is 14.5. The molecule has 0 N–H and O–H groups in total. The summed E-state index contributed by atoms with van der Waals surface area (Å²) in [5, 5.41) is 1.05. The van der Waals surface area contributed by atoms with Gasteiger partial charge < -0.3 is 0 Å². The Kier molecular flexibility index (Phi) is 9.78. The van der Waals surface area contributed by atoms with Crippen LogP contribution in [0.15, 0.2) is 18.2 Å². The molecule has 0 unspecified atom stereocenters. The molecular weight excluding hydrogens is 303 g/mol. The van der Waals surface area contributed by atoms with Crippen molar-refractivity contribution >= 4 is 29.0 Å². The smallest absolute Gasteiger partial charge is 0.162 e. The van der Waals surface area contributed by atoms with Crippen LogP contribution in [0, 0.1) is 0 Å². The molecule has 0 bridgehead atoms. The van der Waals surface area contributed by atoms with Gasteiger partial charge in [-0.1, -0.05) is 81.5 Å². The van der Waals surface area contributed by atoms with E-state index in [4.69, 9.17) is 23.2 Å². The third-order valence-electron chi connectivity index (χ3n) is 3.69. The molecule has 118 valence electrons. The molecule has 0 radical (unpaired) electrons. The molecule has 0 aliphatic carbocycles. The zero-order chi connectivity index (χ0) is 15.5. The number of hydrogen-bond acceptors (Lipinski definition) is 1. The molecule has 1 nitrogen and oxygen atoms in total. The number of hydrogen-bond donors (Lipinski definition) is 0. The summed E-state index contributed by atoms with van der Waals surface area (Å²) in [7, 11) is 0. The maximum Gasteiger partial charge on any atom is 0.162 e. The Morgan fingerprint density at radius 1 is 0.810 bits per heavy atom. The third kappa shape index (κ3) is 8.48. The first kappa shape index (κ1) is 18.5. The first-order chi connectivity index (χ1) is 10.1. The summed E-state index contributed by atoms with van der Waals surface area (Å²) in [6.45, 7) is 2.24. The first-order valence-corrected chi connectivity index (χ1v) is 8.88. The van der Waals surface area contributed by atoms with Crippen molar-refractivity contribution in [3.05, 3.63) is 33.8 Å². The number of rotatable bonds is 11. The molecule has 0 aliphatic rings.